The van der Waals surface area contributed by atoms with Crippen molar-refractivity contribution in [2.75, 3.05) is 0 Å². The van der Waals surface area contributed by atoms with Crippen molar-refractivity contribution in [1.29, 1.82) is 0 Å². The summed E-state index contributed by atoms with van der Waals surface area (Å²) < 4.78 is 0. The SMILES string of the molecule is Oc1cccc(-c2cc[c]cc2Cl)c1. The van der Waals surface area contributed by atoms with Crippen LogP contribution in [0.1, 0.15) is 0 Å². The maximum absolute atomic E-state index is 9.31. The minimum absolute atomic E-state index is 0.242. The molecule has 1 radical (unpaired) electrons. The third kappa shape index (κ3) is 1.73. The van der Waals surface area contributed by atoms with Crippen LogP contribution in [0.3, 0.4) is 0 Å². The Bertz CT molecular complexity index is 452. The van der Waals surface area contributed by atoms with E-state index in [-0.39, 0.29) is 5.75 Å². The molecule has 0 aliphatic carbocycles. The number of hydrogen-bond acceptors (Lipinski definition) is 1. The maximum Gasteiger partial charge on any atom is 0.116 e. The second kappa shape index (κ2) is 3.72. The first kappa shape index (κ1) is 9.10. The first-order chi connectivity index (χ1) is 6.77. The van der Waals surface area contributed by atoms with Crippen LogP contribution in [0.5, 0.6) is 5.75 Å². The summed E-state index contributed by atoms with van der Waals surface area (Å²) in [6.07, 6.45) is 0. The first-order valence-electron chi connectivity index (χ1n) is 4.22. The van der Waals surface area contributed by atoms with E-state index in [1.54, 1.807) is 30.3 Å². The predicted octanol–water partition coefficient (Wildman–Crippen LogP) is 3.51. The van der Waals surface area contributed by atoms with Crippen LogP contribution in [0.4, 0.5) is 0 Å². The molecule has 0 atom stereocenters. The zero-order valence-corrected chi connectivity index (χ0v) is 8.12. The van der Waals surface area contributed by atoms with Crippen molar-refractivity contribution in [3.05, 3.63) is 53.6 Å². The Morgan fingerprint density at radius 1 is 1.21 bits per heavy atom. The van der Waals surface area contributed by atoms with Crippen molar-refractivity contribution in [2.24, 2.45) is 0 Å². The summed E-state index contributed by atoms with van der Waals surface area (Å²) in [5.74, 6) is 0.242. The van der Waals surface area contributed by atoms with Gasteiger partial charge < -0.3 is 5.11 Å². The van der Waals surface area contributed by atoms with E-state index in [9.17, 15) is 5.11 Å². The lowest BCUT2D eigenvalue weighted by molar-refractivity contribution is 0.475. The average Bonchev–Trinajstić information content (AvgIpc) is 2.18. The van der Waals surface area contributed by atoms with E-state index in [1.165, 1.54) is 0 Å². The molecule has 0 heterocycles. The van der Waals surface area contributed by atoms with E-state index in [2.05, 4.69) is 6.07 Å². The number of aromatic hydroxyl groups is 1. The molecule has 0 saturated carbocycles. The number of phenols is 1. The third-order valence-corrected chi connectivity index (χ3v) is 2.28. The second-order valence-corrected chi connectivity index (χ2v) is 3.36. The van der Waals surface area contributed by atoms with Crippen LogP contribution in [-0.2, 0) is 0 Å². The molecular weight excluding hydrogens is 196 g/mol. The Labute approximate surface area is 87.6 Å². The Hall–Kier alpha value is -1.47. The van der Waals surface area contributed by atoms with Gasteiger partial charge in [0.2, 0.25) is 0 Å². The van der Waals surface area contributed by atoms with Gasteiger partial charge in [0.1, 0.15) is 5.75 Å². The molecular formula is C12H8ClO. The molecule has 2 heteroatoms. The summed E-state index contributed by atoms with van der Waals surface area (Å²) in [6.45, 7) is 0. The Balaban J connectivity index is 2.55. The molecule has 2 aromatic carbocycles. The normalized spacial score (nSPS) is 10.1. The highest BCUT2D eigenvalue weighted by Gasteiger charge is 2.02. The van der Waals surface area contributed by atoms with Crippen molar-refractivity contribution < 1.29 is 5.11 Å². The quantitative estimate of drug-likeness (QED) is 0.752. The molecule has 0 spiro atoms. The van der Waals surface area contributed by atoms with Crippen molar-refractivity contribution in [2.45, 2.75) is 0 Å². The van der Waals surface area contributed by atoms with E-state index >= 15 is 0 Å². The highest BCUT2D eigenvalue weighted by atomic mass is 35.5. The third-order valence-electron chi connectivity index (χ3n) is 1.97. The molecule has 2 rings (SSSR count). The summed E-state index contributed by atoms with van der Waals surface area (Å²) in [7, 11) is 0. The molecule has 69 valence electrons. The van der Waals surface area contributed by atoms with Crippen LogP contribution in [0.2, 0.25) is 5.02 Å². The fourth-order valence-corrected chi connectivity index (χ4v) is 1.55. The number of halogens is 1. The van der Waals surface area contributed by atoms with Crippen molar-refractivity contribution in [1.82, 2.24) is 0 Å². The van der Waals surface area contributed by atoms with Gasteiger partial charge in [-0.3, -0.25) is 0 Å². The van der Waals surface area contributed by atoms with Gasteiger partial charge in [0.25, 0.3) is 0 Å². The average molecular weight is 204 g/mol. The van der Waals surface area contributed by atoms with Crippen LogP contribution in [-0.4, -0.2) is 5.11 Å². The van der Waals surface area contributed by atoms with Crippen LogP contribution >= 0.6 is 11.6 Å². The van der Waals surface area contributed by atoms with Gasteiger partial charge in [-0.15, -0.1) is 0 Å². The summed E-state index contributed by atoms with van der Waals surface area (Å²) >= 11 is 6.00. The number of rotatable bonds is 1. The monoisotopic (exact) mass is 203 g/mol. The Morgan fingerprint density at radius 3 is 2.79 bits per heavy atom. The fourth-order valence-electron chi connectivity index (χ4n) is 1.32. The topological polar surface area (TPSA) is 20.2 Å². The summed E-state index contributed by atoms with van der Waals surface area (Å²) in [5, 5.41) is 9.95. The molecule has 0 amide bonds. The van der Waals surface area contributed by atoms with Gasteiger partial charge in [0.05, 0.1) is 0 Å². The van der Waals surface area contributed by atoms with Crippen LogP contribution in [0, 0.1) is 6.07 Å². The highest BCUT2D eigenvalue weighted by molar-refractivity contribution is 6.33. The molecule has 0 unspecified atom stereocenters. The van der Waals surface area contributed by atoms with E-state index in [0.717, 1.165) is 11.1 Å². The Morgan fingerprint density at radius 2 is 2.07 bits per heavy atom. The lowest BCUT2D eigenvalue weighted by Gasteiger charge is -2.03. The summed E-state index contributed by atoms with van der Waals surface area (Å²) in [6, 6.07) is 15.3. The van der Waals surface area contributed by atoms with Crippen LogP contribution in [0.15, 0.2) is 42.5 Å². The van der Waals surface area contributed by atoms with Gasteiger partial charge in [-0.1, -0.05) is 35.9 Å². The number of phenolic OH excluding ortho intramolecular Hbond substituents is 1. The van der Waals surface area contributed by atoms with E-state index in [1.807, 2.05) is 12.1 Å². The lowest BCUT2D eigenvalue weighted by Crippen LogP contribution is -1.78. The highest BCUT2D eigenvalue weighted by Crippen LogP contribution is 2.28. The molecule has 1 nitrogen and oxygen atoms in total. The minimum Gasteiger partial charge on any atom is -0.508 e. The zero-order valence-electron chi connectivity index (χ0n) is 7.37. The summed E-state index contributed by atoms with van der Waals surface area (Å²) in [5.41, 5.74) is 1.81. The Kier molecular flexibility index (Phi) is 2.42. The lowest BCUT2D eigenvalue weighted by atomic mass is 10.1. The molecule has 0 saturated heterocycles. The molecule has 0 aromatic heterocycles. The van der Waals surface area contributed by atoms with Gasteiger partial charge in [-0.25, -0.2) is 0 Å². The van der Waals surface area contributed by atoms with E-state index in [4.69, 9.17) is 11.6 Å². The van der Waals surface area contributed by atoms with Gasteiger partial charge in [-0.2, -0.15) is 0 Å². The van der Waals surface area contributed by atoms with Crippen molar-refractivity contribution in [3.63, 3.8) is 0 Å². The smallest absolute Gasteiger partial charge is 0.116 e. The van der Waals surface area contributed by atoms with E-state index in [0.29, 0.717) is 5.02 Å². The maximum atomic E-state index is 9.31. The minimum atomic E-state index is 0.242. The largest absolute Gasteiger partial charge is 0.508 e. The van der Waals surface area contributed by atoms with Gasteiger partial charge in [0, 0.05) is 10.6 Å². The molecule has 2 aromatic rings. The van der Waals surface area contributed by atoms with Gasteiger partial charge in [-0.05, 0) is 29.8 Å². The van der Waals surface area contributed by atoms with Gasteiger partial charge >= 0.3 is 0 Å². The van der Waals surface area contributed by atoms with Crippen LogP contribution < -0.4 is 0 Å². The molecule has 0 bridgehead atoms. The molecule has 1 N–H and O–H groups in total. The molecule has 0 aliphatic heterocycles. The summed E-state index contributed by atoms with van der Waals surface area (Å²) in [4.78, 5) is 0. The zero-order chi connectivity index (χ0) is 9.97. The van der Waals surface area contributed by atoms with Crippen molar-refractivity contribution >= 4 is 11.6 Å². The van der Waals surface area contributed by atoms with Crippen molar-refractivity contribution in [3.8, 4) is 16.9 Å². The molecule has 0 fully saturated rings. The number of benzene rings is 2. The number of hydrogen-bond donors (Lipinski definition) is 1. The van der Waals surface area contributed by atoms with Gasteiger partial charge in [0.15, 0.2) is 0 Å². The molecule has 0 aliphatic rings. The first-order valence-corrected chi connectivity index (χ1v) is 4.60. The molecule has 14 heavy (non-hydrogen) atoms. The standard InChI is InChI=1S/C12H8ClO/c13-12-7-2-1-6-11(12)9-4-3-5-10(14)8-9/h1,3-8,14H. The van der Waals surface area contributed by atoms with E-state index < -0.39 is 0 Å². The second-order valence-electron chi connectivity index (χ2n) is 2.96. The van der Waals surface area contributed by atoms with Crippen LogP contribution in [0.25, 0.3) is 11.1 Å². The predicted molar refractivity (Wildman–Crippen MR) is 57.4 cm³/mol. The fraction of sp³-hybridized carbons (Fsp3) is 0.